The highest BCUT2D eigenvalue weighted by molar-refractivity contribution is 8.18. The van der Waals surface area contributed by atoms with Crippen LogP contribution in [0.15, 0.2) is 46.3 Å². The molecule has 0 atom stereocenters. The monoisotopic (exact) mass is 443 g/mol. The number of hydrogen-bond acceptors (Lipinski definition) is 8. The average Bonchev–Trinajstić information content (AvgIpc) is 3.01. The van der Waals surface area contributed by atoms with Crippen molar-refractivity contribution in [3.05, 3.63) is 62.5 Å². The Hall–Kier alpha value is -3.86. The molecule has 0 aromatic heterocycles. The SMILES string of the molecule is COc1cc(/C=C2\SC(=Nc3ccc(C(=O)O)cc3)N(C)C2=O)c([N+](=O)[O-])cc1OC. The van der Waals surface area contributed by atoms with E-state index >= 15 is 0 Å². The Morgan fingerprint density at radius 3 is 2.35 bits per heavy atom. The quantitative estimate of drug-likeness (QED) is 0.407. The van der Waals surface area contributed by atoms with Gasteiger partial charge in [-0.3, -0.25) is 19.8 Å². The fourth-order valence-electron chi connectivity index (χ4n) is 2.74. The van der Waals surface area contributed by atoms with Crippen LogP contribution in [0.2, 0.25) is 0 Å². The van der Waals surface area contributed by atoms with Crippen LogP contribution in [0, 0.1) is 10.1 Å². The van der Waals surface area contributed by atoms with Gasteiger partial charge in [0.05, 0.1) is 46.9 Å². The van der Waals surface area contributed by atoms with Crippen LogP contribution < -0.4 is 9.47 Å². The Kier molecular flexibility index (Phi) is 6.25. The molecule has 0 saturated carbocycles. The van der Waals surface area contributed by atoms with Crippen LogP contribution in [0.25, 0.3) is 6.08 Å². The molecule has 0 radical (unpaired) electrons. The third kappa shape index (κ3) is 4.51. The number of benzene rings is 2. The summed E-state index contributed by atoms with van der Waals surface area (Å²) in [5.41, 5.74) is 0.522. The second-order valence-electron chi connectivity index (χ2n) is 6.24. The van der Waals surface area contributed by atoms with Gasteiger partial charge in [-0.25, -0.2) is 9.79 Å². The van der Waals surface area contributed by atoms with Crippen LogP contribution in [0.1, 0.15) is 15.9 Å². The lowest BCUT2D eigenvalue weighted by Gasteiger charge is -2.09. The minimum absolute atomic E-state index is 0.119. The number of carboxylic acids is 1. The molecule has 1 saturated heterocycles. The van der Waals surface area contributed by atoms with Gasteiger partial charge in [-0.2, -0.15) is 0 Å². The van der Waals surface area contributed by atoms with Crippen LogP contribution >= 0.6 is 11.8 Å². The van der Waals surface area contributed by atoms with Crippen LogP contribution in [-0.2, 0) is 4.79 Å². The van der Waals surface area contributed by atoms with Crippen LogP contribution in [0.3, 0.4) is 0 Å². The summed E-state index contributed by atoms with van der Waals surface area (Å²) >= 11 is 1.05. The van der Waals surface area contributed by atoms with E-state index in [0.717, 1.165) is 11.8 Å². The van der Waals surface area contributed by atoms with Gasteiger partial charge in [-0.1, -0.05) is 0 Å². The Morgan fingerprint density at radius 2 is 1.81 bits per heavy atom. The number of aromatic carboxylic acids is 1. The molecule has 0 aliphatic carbocycles. The summed E-state index contributed by atoms with van der Waals surface area (Å²) in [5.74, 6) is -0.944. The van der Waals surface area contributed by atoms with Gasteiger partial charge in [0.15, 0.2) is 16.7 Å². The van der Waals surface area contributed by atoms with Gasteiger partial charge in [0.1, 0.15) is 0 Å². The Bertz CT molecular complexity index is 1130. The zero-order valence-electron chi connectivity index (χ0n) is 16.7. The van der Waals surface area contributed by atoms with Crippen molar-refractivity contribution in [3.63, 3.8) is 0 Å². The molecule has 11 heteroatoms. The van der Waals surface area contributed by atoms with Gasteiger partial charge < -0.3 is 14.6 Å². The lowest BCUT2D eigenvalue weighted by Crippen LogP contribution is -2.23. The minimum atomic E-state index is -1.05. The van der Waals surface area contributed by atoms with Crippen molar-refractivity contribution in [2.24, 2.45) is 4.99 Å². The standard InChI is InChI=1S/C20H17N3O7S/c1-22-18(24)17(31-20(22)21-13-6-4-11(5-7-13)19(25)26)9-12-8-15(29-2)16(30-3)10-14(12)23(27)28/h4-10H,1-3H3,(H,25,26)/b17-9-,21-20?. The third-order valence-electron chi connectivity index (χ3n) is 4.36. The topological polar surface area (TPSA) is 132 Å². The normalized spacial score (nSPS) is 16.1. The molecule has 1 N–H and O–H groups in total. The number of methoxy groups -OCH3 is 2. The van der Waals surface area contributed by atoms with Crippen molar-refractivity contribution in [2.75, 3.05) is 21.3 Å². The van der Waals surface area contributed by atoms with E-state index in [-0.39, 0.29) is 39.1 Å². The first-order chi connectivity index (χ1) is 14.7. The zero-order valence-corrected chi connectivity index (χ0v) is 17.5. The number of carbonyl (C=O) groups excluding carboxylic acids is 1. The van der Waals surface area contributed by atoms with Crippen molar-refractivity contribution in [2.45, 2.75) is 0 Å². The first kappa shape index (κ1) is 21.8. The summed E-state index contributed by atoms with van der Waals surface area (Å²) in [7, 11) is 4.31. The highest BCUT2D eigenvalue weighted by Gasteiger charge is 2.31. The third-order valence-corrected chi connectivity index (χ3v) is 5.42. The highest BCUT2D eigenvalue weighted by Crippen LogP contribution is 2.39. The van der Waals surface area contributed by atoms with Crippen LogP contribution in [-0.4, -0.2) is 53.2 Å². The number of carboxylic acid groups (broad SMARTS) is 1. The molecule has 0 spiro atoms. The van der Waals surface area contributed by atoms with Crippen molar-refractivity contribution in [3.8, 4) is 11.5 Å². The zero-order chi connectivity index (χ0) is 22.7. The molecule has 1 amide bonds. The number of ether oxygens (including phenoxy) is 2. The molecule has 0 unspecified atom stereocenters. The summed E-state index contributed by atoms with van der Waals surface area (Å²) < 4.78 is 10.3. The number of amides is 1. The Labute approximate surface area is 180 Å². The number of nitrogens with zero attached hydrogens (tertiary/aromatic N) is 3. The van der Waals surface area contributed by atoms with Gasteiger partial charge in [0, 0.05) is 7.05 Å². The van der Waals surface area contributed by atoms with Crippen molar-refractivity contribution in [1.82, 2.24) is 4.90 Å². The maximum absolute atomic E-state index is 12.7. The molecule has 160 valence electrons. The van der Waals surface area contributed by atoms with Crippen molar-refractivity contribution >= 4 is 46.3 Å². The van der Waals surface area contributed by atoms with Crippen molar-refractivity contribution in [1.29, 1.82) is 0 Å². The molecule has 2 aromatic carbocycles. The van der Waals surface area contributed by atoms with Crippen LogP contribution in [0.4, 0.5) is 11.4 Å². The van der Waals surface area contributed by atoms with Crippen LogP contribution in [0.5, 0.6) is 11.5 Å². The Balaban J connectivity index is 1.98. The number of nitro benzene ring substituents is 1. The lowest BCUT2D eigenvalue weighted by molar-refractivity contribution is -0.385. The fourth-order valence-corrected chi connectivity index (χ4v) is 3.72. The second kappa shape index (κ2) is 8.88. The lowest BCUT2D eigenvalue weighted by atomic mass is 10.1. The first-order valence-corrected chi connectivity index (χ1v) is 9.57. The smallest absolute Gasteiger partial charge is 0.335 e. The van der Waals surface area contributed by atoms with Crippen molar-refractivity contribution < 1.29 is 29.1 Å². The molecule has 0 bridgehead atoms. The number of hydrogen-bond donors (Lipinski definition) is 1. The predicted molar refractivity (Wildman–Crippen MR) is 115 cm³/mol. The fraction of sp³-hybridized carbons (Fsp3) is 0.150. The number of amidine groups is 1. The highest BCUT2D eigenvalue weighted by atomic mass is 32.2. The van der Waals surface area contributed by atoms with Gasteiger partial charge >= 0.3 is 5.97 Å². The van der Waals surface area contributed by atoms with E-state index in [1.807, 2.05) is 0 Å². The summed E-state index contributed by atoms with van der Waals surface area (Å²) in [5, 5.41) is 20.8. The molecule has 1 aliphatic heterocycles. The van der Waals surface area contributed by atoms with E-state index in [4.69, 9.17) is 14.6 Å². The maximum Gasteiger partial charge on any atom is 0.335 e. The molecule has 1 fully saturated rings. The Morgan fingerprint density at radius 1 is 1.19 bits per heavy atom. The molecule has 10 nitrogen and oxygen atoms in total. The largest absolute Gasteiger partial charge is 0.493 e. The number of rotatable bonds is 6. The molecule has 1 aliphatic rings. The van der Waals surface area contributed by atoms with E-state index in [1.165, 1.54) is 68.6 Å². The number of likely N-dealkylation sites (N-methyl/N-ethyl adjacent to an activating group) is 1. The van der Waals surface area contributed by atoms with Gasteiger partial charge in [0.25, 0.3) is 11.6 Å². The first-order valence-electron chi connectivity index (χ1n) is 8.75. The molecule has 31 heavy (non-hydrogen) atoms. The van der Waals surface area contributed by atoms with Gasteiger partial charge in [-0.15, -0.1) is 0 Å². The van der Waals surface area contributed by atoms with E-state index in [1.54, 1.807) is 0 Å². The number of aliphatic imine (C=N–C) groups is 1. The molecule has 3 rings (SSSR count). The van der Waals surface area contributed by atoms with E-state index in [0.29, 0.717) is 10.9 Å². The minimum Gasteiger partial charge on any atom is -0.493 e. The predicted octanol–water partition coefficient (Wildman–Crippen LogP) is 3.54. The molecule has 1 heterocycles. The second-order valence-corrected chi connectivity index (χ2v) is 7.25. The number of thioether (sulfide) groups is 1. The summed E-state index contributed by atoms with van der Waals surface area (Å²) in [6.45, 7) is 0. The van der Waals surface area contributed by atoms with E-state index in [9.17, 15) is 19.7 Å². The number of carbonyl (C=O) groups is 2. The average molecular weight is 443 g/mol. The summed E-state index contributed by atoms with van der Waals surface area (Å²) in [6.07, 6.45) is 1.40. The maximum atomic E-state index is 12.7. The van der Waals surface area contributed by atoms with E-state index < -0.39 is 10.9 Å². The summed E-state index contributed by atoms with van der Waals surface area (Å²) in [6, 6.07) is 8.53. The molecule has 2 aromatic rings. The molecular weight excluding hydrogens is 426 g/mol. The van der Waals surface area contributed by atoms with Gasteiger partial charge in [-0.05, 0) is 48.2 Å². The number of nitro groups is 1. The van der Waals surface area contributed by atoms with Gasteiger partial charge in [0.2, 0.25) is 0 Å². The summed E-state index contributed by atoms with van der Waals surface area (Å²) in [4.78, 5) is 40.5. The molecular formula is C20H17N3O7S. The van der Waals surface area contributed by atoms with E-state index in [2.05, 4.69) is 4.99 Å².